The van der Waals surface area contributed by atoms with E-state index in [1.54, 1.807) is 0 Å². The summed E-state index contributed by atoms with van der Waals surface area (Å²) in [4.78, 5) is 2.39. The zero-order chi connectivity index (χ0) is 22.9. The summed E-state index contributed by atoms with van der Waals surface area (Å²) >= 11 is 0. The lowest BCUT2D eigenvalue weighted by atomic mass is 10.1. The number of anilines is 2. The van der Waals surface area contributed by atoms with Crippen LogP contribution in [0.5, 0.6) is 0 Å². The third kappa shape index (κ3) is 3.32. The molecule has 1 unspecified atom stereocenters. The van der Waals surface area contributed by atoms with Crippen LogP contribution in [-0.2, 0) is 0 Å². The van der Waals surface area contributed by atoms with E-state index in [-0.39, 0.29) is 6.17 Å². The SMILES string of the molecule is C/C=C\C=C/Nn1c2ccccc2c2cc3c(cc21)N(C1C=CC=CN1)c1ccccc1C=C3. The van der Waals surface area contributed by atoms with Crippen molar-refractivity contribution < 1.29 is 0 Å². The maximum atomic E-state index is 3.53. The molecular formula is C30H26N4. The van der Waals surface area contributed by atoms with Crippen molar-refractivity contribution in [2.75, 3.05) is 10.3 Å². The first-order valence-corrected chi connectivity index (χ1v) is 11.6. The van der Waals surface area contributed by atoms with Crippen LogP contribution in [0.15, 0.2) is 110 Å². The molecule has 34 heavy (non-hydrogen) atoms. The smallest absolute Gasteiger partial charge is 0.123 e. The zero-order valence-electron chi connectivity index (χ0n) is 19.0. The van der Waals surface area contributed by atoms with Gasteiger partial charge in [0.2, 0.25) is 0 Å². The van der Waals surface area contributed by atoms with E-state index >= 15 is 0 Å². The summed E-state index contributed by atoms with van der Waals surface area (Å²) < 4.78 is 2.17. The minimum absolute atomic E-state index is 0.0163. The summed E-state index contributed by atoms with van der Waals surface area (Å²) in [7, 11) is 0. The first-order chi connectivity index (χ1) is 16.8. The van der Waals surface area contributed by atoms with E-state index in [1.807, 2.05) is 43.6 Å². The molecule has 0 radical (unpaired) electrons. The van der Waals surface area contributed by atoms with Gasteiger partial charge in [-0.25, -0.2) is 0 Å². The van der Waals surface area contributed by atoms with E-state index in [9.17, 15) is 0 Å². The van der Waals surface area contributed by atoms with Gasteiger partial charge in [-0.1, -0.05) is 66.8 Å². The standard InChI is InChI=1S/C30H26N4/c1-2-3-9-19-32-34-27-14-7-5-12-24(27)25-20-23-17-16-22-11-4-6-13-26(22)33(28(23)21-29(25)34)30-15-8-10-18-31-30/h2-21,30-32H,1H3/b3-2-,19-9-. The van der Waals surface area contributed by atoms with E-state index in [1.165, 1.54) is 27.6 Å². The van der Waals surface area contributed by atoms with Crippen LogP contribution in [0, 0.1) is 0 Å². The molecule has 3 aromatic carbocycles. The molecule has 0 bridgehead atoms. The number of benzene rings is 3. The Bertz CT molecular complexity index is 1530. The fourth-order valence-electron chi connectivity index (χ4n) is 4.84. The van der Waals surface area contributed by atoms with Gasteiger partial charge >= 0.3 is 0 Å². The average Bonchev–Trinajstić information content (AvgIpc) is 3.08. The highest BCUT2D eigenvalue weighted by Crippen LogP contribution is 2.41. The fourth-order valence-corrected chi connectivity index (χ4v) is 4.84. The van der Waals surface area contributed by atoms with E-state index in [4.69, 9.17) is 0 Å². The molecule has 6 rings (SSSR count). The summed E-state index contributed by atoms with van der Waals surface area (Å²) in [6, 6.07) is 21.8. The molecule has 4 aromatic rings. The van der Waals surface area contributed by atoms with Crippen LogP contribution in [0.25, 0.3) is 34.0 Å². The number of nitrogens with one attached hydrogen (secondary N) is 2. The highest BCUT2D eigenvalue weighted by Gasteiger charge is 2.25. The molecule has 0 amide bonds. The van der Waals surface area contributed by atoms with Crippen molar-refractivity contribution in [3.63, 3.8) is 0 Å². The van der Waals surface area contributed by atoms with Crippen LogP contribution in [0.1, 0.15) is 18.1 Å². The predicted octanol–water partition coefficient (Wildman–Crippen LogP) is 7.05. The van der Waals surface area contributed by atoms with Crippen LogP contribution < -0.4 is 15.6 Å². The number of dihydropyridines is 1. The highest BCUT2D eigenvalue weighted by molar-refractivity contribution is 6.11. The monoisotopic (exact) mass is 442 g/mol. The van der Waals surface area contributed by atoms with E-state index in [2.05, 4.69) is 105 Å². The minimum atomic E-state index is 0.0163. The molecule has 2 aliphatic heterocycles. The van der Waals surface area contributed by atoms with Gasteiger partial charge in [-0.2, -0.15) is 0 Å². The average molecular weight is 443 g/mol. The van der Waals surface area contributed by atoms with Gasteiger partial charge in [-0.05, 0) is 66.7 Å². The largest absolute Gasteiger partial charge is 0.368 e. The Morgan fingerprint density at radius 3 is 2.56 bits per heavy atom. The van der Waals surface area contributed by atoms with Crippen LogP contribution in [0.2, 0.25) is 0 Å². The van der Waals surface area contributed by atoms with Gasteiger partial charge in [0.15, 0.2) is 0 Å². The van der Waals surface area contributed by atoms with Crippen molar-refractivity contribution in [2.45, 2.75) is 13.1 Å². The highest BCUT2D eigenvalue weighted by atomic mass is 15.4. The zero-order valence-corrected chi connectivity index (χ0v) is 19.0. The molecule has 1 atom stereocenters. The van der Waals surface area contributed by atoms with Crippen molar-refractivity contribution >= 4 is 45.3 Å². The molecule has 2 N–H and O–H groups in total. The van der Waals surface area contributed by atoms with Crippen molar-refractivity contribution in [2.24, 2.45) is 0 Å². The second-order valence-corrected chi connectivity index (χ2v) is 8.41. The molecular weight excluding hydrogens is 416 g/mol. The Morgan fingerprint density at radius 1 is 0.824 bits per heavy atom. The Labute approximate surface area is 199 Å². The van der Waals surface area contributed by atoms with Gasteiger partial charge in [0, 0.05) is 17.0 Å². The van der Waals surface area contributed by atoms with Gasteiger partial charge in [0.05, 0.1) is 22.4 Å². The normalized spacial score (nSPS) is 16.9. The minimum Gasteiger partial charge on any atom is -0.368 e. The lowest BCUT2D eigenvalue weighted by Crippen LogP contribution is -2.40. The van der Waals surface area contributed by atoms with Gasteiger partial charge in [0.25, 0.3) is 0 Å². The molecule has 2 aliphatic rings. The van der Waals surface area contributed by atoms with Crippen molar-refractivity contribution in [1.29, 1.82) is 0 Å². The van der Waals surface area contributed by atoms with Gasteiger partial charge in [-0.3, -0.25) is 4.68 Å². The fraction of sp³-hybridized carbons (Fsp3) is 0.0667. The molecule has 0 spiro atoms. The molecule has 3 heterocycles. The van der Waals surface area contributed by atoms with Crippen LogP contribution in [0.3, 0.4) is 0 Å². The lowest BCUT2D eigenvalue weighted by molar-refractivity contribution is 0.700. The van der Waals surface area contributed by atoms with Crippen molar-refractivity contribution in [3.8, 4) is 0 Å². The van der Waals surface area contributed by atoms with Gasteiger partial charge < -0.3 is 15.6 Å². The maximum Gasteiger partial charge on any atom is 0.123 e. The topological polar surface area (TPSA) is 32.2 Å². The summed E-state index contributed by atoms with van der Waals surface area (Å²) in [5.41, 5.74) is 10.5. The second-order valence-electron chi connectivity index (χ2n) is 8.41. The third-order valence-electron chi connectivity index (χ3n) is 6.37. The van der Waals surface area contributed by atoms with E-state index < -0.39 is 0 Å². The molecule has 0 saturated carbocycles. The summed E-state index contributed by atoms with van der Waals surface area (Å²) in [6.07, 6.45) is 20.8. The molecule has 1 aromatic heterocycles. The Balaban J connectivity index is 1.61. The summed E-state index contributed by atoms with van der Waals surface area (Å²) in [5, 5.41) is 5.98. The van der Waals surface area contributed by atoms with Gasteiger partial charge in [0.1, 0.15) is 6.17 Å². The third-order valence-corrected chi connectivity index (χ3v) is 6.37. The first kappa shape index (κ1) is 20.2. The second kappa shape index (κ2) is 8.49. The molecule has 166 valence electrons. The molecule has 4 nitrogen and oxygen atoms in total. The number of para-hydroxylation sites is 2. The van der Waals surface area contributed by atoms with Gasteiger partial charge in [-0.15, -0.1) is 0 Å². The Morgan fingerprint density at radius 2 is 1.68 bits per heavy atom. The summed E-state index contributed by atoms with van der Waals surface area (Å²) in [6.45, 7) is 2.02. The van der Waals surface area contributed by atoms with Crippen LogP contribution in [0.4, 0.5) is 11.4 Å². The number of nitrogens with zero attached hydrogens (tertiary/aromatic N) is 2. The van der Waals surface area contributed by atoms with Crippen LogP contribution >= 0.6 is 0 Å². The quantitative estimate of drug-likeness (QED) is 0.332. The molecule has 0 aliphatic carbocycles. The molecule has 0 saturated heterocycles. The number of rotatable bonds is 4. The number of fused-ring (bicyclic) bond motifs is 5. The molecule has 4 heteroatoms. The van der Waals surface area contributed by atoms with Crippen LogP contribution in [-0.4, -0.2) is 10.8 Å². The predicted molar refractivity (Wildman–Crippen MR) is 145 cm³/mol. The lowest BCUT2D eigenvalue weighted by Gasteiger charge is -2.34. The Kier molecular flexibility index (Phi) is 5.04. The van der Waals surface area contributed by atoms with Crippen molar-refractivity contribution in [1.82, 2.24) is 9.99 Å². The van der Waals surface area contributed by atoms with E-state index in [0.717, 1.165) is 16.7 Å². The number of aromatic nitrogens is 1. The number of allylic oxidation sites excluding steroid dienone is 5. The van der Waals surface area contributed by atoms with E-state index in [0.29, 0.717) is 0 Å². The first-order valence-electron chi connectivity index (χ1n) is 11.6. The maximum absolute atomic E-state index is 3.53. The molecule has 0 fully saturated rings. The number of hydrogen-bond donors (Lipinski definition) is 2. The Hall–Kier alpha value is -4.44. The van der Waals surface area contributed by atoms with Crippen molar-refractivity contribution in [3.05, 3.63) is 121 Å². The number of hydrogen-bond acceptors (Lipinski definition) is 3. The summed E-state index contributed by atoms with van der Waals surface area (Å²) in [5.74, 6) is 0.